The minimum Gasteiger partial charge on any atom is -0.316 e. The molecule has 0 spiro atoms. The summed E-state index contributed by atoms with van der Waals surface area (Å²) in [5.74, 6) is 0.644. The Morgan fingerprint density at radius 2 is 1.95 bits per heavy atom. The molecule has 3 heteroatoms. The first-order valence-corrected chi connectivity index (χ1v) is 8.23. The normalized spacial score (nSPS) is 22.2. The number of piperidine rings is 1. The Kier molecular flexibility index (Phi) is 4.71. The lowest BCUT2D eigenvalue weighted by molar-refractivity contribution is 0.317. The van der Waals surface area contributed by atoms with Gasteiger partial charge in [0.1, 0.15) is 5.82 Å². The van der Waals surface area contributed by atoms with E-state index < -0.39 is 0 Å². The molecule has 0 aromatic heterocycles. The number of benzene rings is 2. The fourth-order valence-corrected chi connectivity index (χ4v) is 3.60. The number of rotatable bonds is 3. The lowest BCUT2D eigenvalue weighted by Crippen LogP contribution is -2.36. The van der Waals surface area contributed by atoms with Crippen molar-refractivity contribution in [3.05, 3.63) is 69.9 Å². The van der Waals surface area contributed by atoms with Crippen molar-refractivity contribution in [2.45, 2.75) is 18.8 Å². The second kappa shape index (κ2) is 6.71. The van der Waals surface area contributed by atoms with Crippen molar-refractivity contribution in [1.29, 1.82) is 0 Å². The van der Waals surface area contributed by atoms with Crippen molar-refractivity contribution in [2.24, 2.45) is 5.92 Å². The van der Waals surface area contributed by atoms with Gasteiger partial charge in [-0.1, -0.05) is 52.3 Å². The van der Waals surface area contributed by atoms with Crippen LogP contribution in [-0.4, -0.2) is 13.1 Å². The molecule has 1 N–H and O–H groups in total. The number of halogens is 2. The Hall–Kier alpha value is -1.19. The third kappa shape index (κ3) is 3.53. The molecule has 3 rings (SSSR count). The largest absolute Gasteiger partial charge is 0.316 e. The van der Waals surface area contributed by atoms with Gasteiger partial charge in [0.15, 0.2) is 0 Å². The molecule has 0 amide bonds. The third-order valence-corrected chi connectivity index (χ3v) is 4.80. The van der Waals surface area contributed by atoms with Gasteiger partial charge in [-0.2, -0.15) is 0 Å². The van der Waals surface area contributed by atoms with Crippen LogP contribution in [0.3, 0.4) is 0 Å². The molecule has 0 bridgehead atoms. The summed E-state index contributed by atoms with van der Waals surface area (Å²) in [7, 11) is 0. The zero-order valence-corrected chi connectivity index (χ0v) is 13.4. The van der Waals surface area contributed by atoms with Gasteiger partial charge in [-0.05, 0) is 61.0 Å². The van der Waals surface area contributed by atoms with E-state index in [1.165, 1.54) is 5.56 Å². The molecule has 110 valence electrons. The topological polar surface area (TPSA) is 12.0 Å². The van der Waals surface area contributed by atoms with Crippen molar-refractivity contribution >= 4 is 15.9 Å². The van der Waals surface area contributed by atoms with Crippen LogP contribution in [-0.2, 0) is 6.42 Å². The van der Waals surface area contributed by atoms with Crippen LogP contribution < -0.4 is 5.32 Å². The highest BCUT2D eigenvalue weighted by Gasteiger charge is 2.28. The molecule has 21 heavy (non-hydrogen) atoms. The standard InChI is InChI=1S/C18H19BrFN/c19-15-6-7-17(18(20)11-15)16-8-9-21-12-14(16)10-13-4-2-1-3-5-13/h1-7,11,14,16,21H,8-10,12H2. The van der Waals surface area contributed by atoms with Crippen LogP contribution >= 0.6 is 15.9 Å². The third-order valence-electron chi connectivity index (χ3n) is 4.31. The van der Waals surface area contributed by atoms with Gasteiger partial charge in [-0.15, -0.1) is 0 Å². The summed E-state index contributed by atoms with van der Waals surface area (Å²) >= 11 is 3.34. The predicted molar refractivity (Wildman–Crippen MR) is 88.0 cm³/mol. The summed E-state index contributed by atoms with van der Waals surface area (Å²) in [5.41, 5.74) is 2.19. The summed E-state index contributed by atoms with van der Waals surface area (Å²) in [6.07, 6.45) is 1.99. The molecule has 2 unspecified atom stereocenters. The highest BCUT2D eigenvalue weighted by Crippen LogP contribution is 2.34. The maximum absolute atomic E-state index is 14.3. The molecule has 1 aliphatic rings. The molecule has 1 fully saturated rings. The molecule has 1 heterocycles. The zero-order valence-electron chi connectivity index (χ0n) is 11.9. The molecular weight excluding hydrogens is 329 g/mol. The van der Waals surface area contributed by atoms with Crippen molar-refractivity contribution in [2.75, 3.05) is 13.1 Å². The number of hydrogen-bond donors (Lipinski definition) is 1. The van der Waals surface area contributed by atoms with E-state index in [0.29, 0.717) is 11.8 Å². The van der Waals surface area contributed by atoms with Crippen LogP contribution in [0.1, 0.15) is 23.5 Å². The van der Waals surface area contributed by atoms with Crippen LogP contribution in [0.4, 0.5) is 4.39 Å². The predicted octanol–water partition coefficient (Wildman–Crippen LogP) is 4.52. The SMILES string of the molecule is Fc1cc(Br)ccc1C1CCNCC1Cc1ccccc1. The lowest BCUT2D eigenvalue weighted by atomic mass is 9.78. The summed E-state index contributed by atoms with van der Waals surface area (Å²) in [5, 5.41) is 3.45. The Morgan fingerprint density at radius 1 is 1.14 bits per heavy atom. The molecule has 0 aliphatic carbocycles. The fourth-order valence-electron chi connectivity index (χ4n) is 3.27. The molecule has 2 aromatic carbocycles. The van der Waals surface area contributed by atoms with Crippen LogP contribution in [0, 0.1) is 11.7 Å². The van der Waals surface area contributed by atoms with Crippen LogP contribution in [0.2, 0.25) is 0 Å². The number of hydrogen-bond acceptors (Lipinski definition) is 1. The summed E-state index contributed by atoms with van der Waals surface area (Å²) in [6.45, 7) is 1.92. The quantitative estimate of drug-likeness (QED) is 0.860. The summed E-state index contributed by atoms with van der Waals surface area (Å²) in [4.78, 5) is 0. The van der Waals surface area contributed by atoms with Crippen molar-refractivity contribution in [3.63, 3.8) is 0 Å². The molecule has 2 aromatic rings. The molecule has 2 atom stereocenters. The van der Waals surface area contributed by atoms with E-state index in [0.717, 1.165) is 36.0 Å². The maximum atomic E-state index is 14.3. The van der Waals surface area contributed by atoms with Gasteiger partial charge in [0.25, 0.3) is 0 Å². The molecule has 1 saturated heterocycles. The van der Waals surface area contributed by atoms with Crippen LogP contribution in [0.25, 0.3) is 0 Å². The van der Waals surface area contributed by atoms with E-state index in [2.05, 4.69) is 45.5 Å². The first kappa shape index (κ1) is 14.7. The molecule has 1 nitrogen and oxygen atoms in total. The molecular formula is C18H19BrFN. The van der Waals surface area contributed by atoms with E-state index in [-0.39, 0.29) is 5.82 Å². The smallest absolute Gasteiger partial charge is 0.127 e. The minimum absolute atomic E-state index is 0.0886. The van der Waals surface area contributed by atoms with E-state index in [1.807, 2.05) is 18.2 Å². The first-order valence-electron chi connectivity index (χ1n) is 7.43. The Morgan fingerprint density at radius 3 is 2.71 bits per heavy atom. The second-order valence-electron chi connectivity index (χ2n) is 5.71. The van der Waals surface area contributed by atoms with E-state index in [9.17, 15) is 4.39 Å². The average molecular weight is 348 g/mol. The Bertz CT molecular complexity index is 599. The van der Waals surface area contributed by atoms with Gasteiger partial charge < -0.3 is 5.32 Å². The van der Waals surface area contributed by atoms with Gasteiger partial charge in [-0.25, -0.2) is 4.39 Å². The lowest BCUT2D eigenvalue weighted by Gasteiger charge is -2.33. The Labute approximate surface area is 133 Å². The summed E-state index contributed by atoms with van der Waals surface area (Å²) < 4.78 is 15.1. The van der Waals surface area contributed by atoms with Crippen LogP contribution in [0.5, 0.6) is 0 Å². The van der Waals surface area contributed by atoms with Gasteiger partial charge >= 0.3 is 0 Å². The average Bonchev–Trinajstić information content (AvgIpc) is 2.49. The van der Waals surface area contributed by atoms with Crippen molar-refractivity contribution < 1.29 is 4.39 Å². The van der Waals surface area contributed by atoms with Gasteiger partial charge in [0.2, 0.25) is 0 Å². The minimum atomic E-state index is -0.0886. The fraction of sp³-hybridized carbons (Fsp3) is 0.333. The van der Waals surface area contributed by atoms with Gasteiger partial charge in [-0.3, -0.25) is 0 Å². The highest BCUT2D eigenvalue weighted by atomic mass is 79.9. The van der Waals surface area contributed by atoms with Crippen molar-refractivity contribution in [1.82, 2.24) is 5.32 Å². The highest BCUT2D eigenvalue weighted by molar-refractivity contribution is 9.10. The zero-order chi connectivity index (χ0) is 14.7. The van der Waals surface area contributed by atoms with Gasteiger partial charge in [0.05, 0.1) is 0 Å². The molecule has 0 saturated carbocycles. The second-order valence-corrected chi connectivity index (χ2v) is 6.63. The maximum Gasteiger partial charge on any atom is 0.127 e. The van der Waals surface area contributed by atoms with E-state index >= 15 is 0 Å². The summed E-state index contributed by atoms with van der Waals surface area (Å²) in [6, 6.07) is 16.0. The molecule has 0 radical (unpaired) electrons. The monoisotopic (exact) mass is 347 g/mol. The molecule has 1 aliphatic heterocycles. The Balaban J connectivity index is 1.84. The van der Waals surface area contributed by atoms with Crippen molar-refractivity contribution in [3.8, 4) is 0 Å². The van der Waals surface area contributed by atoms with E-state index in [1.54, 1.807) is 6.07 Å². The van der Waals surface area contributed by atoms with Crippen LogP contribution in [0.15, 0.2) is 53.0 Å². The first-order chi connectivity index (χ1) is 10.2. The van der Waals surface area contributed by atoms with Gasteiger partial charge in [0, 0.05) is 4.47 Å². The van der Waals surface area contributed by atoms with E-state index in [4.69, 9.17) is 0 Å². The number of nitrogens with one attached hydrogen (secondary N) is 1.